The van der Waals surface area contributed by atoms with Gasteiger partial charge in [0.25, 0.3) is 5.91 Å². The maximum Gasteiger partial charge on any atom is 0.256 e. The molecule has 1 saturated carbocycles. The summed E-state index contributed by atoms with van der Waals surface area (Å²) < 4.78 is 13.2. The highest BCUT2D eigenvalue weighted by Gasteiger charge is 2.18. The number of aliphatic hydroxyl groups excluding tert-OH is 1. The zero-order valence-corrected chi connectivity index (χ0v) is 19.5. The Morgan fingerprint density at radius 1 is 1.17 bits per heavy atom. The third-order valence-corrected chi connectivity index (χ3v) is 5.67. The number of anilines is 2. The predicted octanol–water partition coefficient (Wildman–Crippen LogP) is 4.54. The molecule has 182 valence electrons. The second-order valence-electron chi connectivity index (χ2n) is 8.37. The van der Waals surface area contributed by atoms with Gasteiger partial charge in [0.15, 0.2) is 5.82 Å². The Labute approximate surface area is 203 Å². The van der Waals surface area contributed by atoms with Gasteiger partial charge in [0.2, 0.25) is 5.95 Å². The number of nitrogens with zero attached hydrogens (tertiary/aromatic N) is 5. The van der Waals surface area contributed by atoms with Crippen LogP contribution in [-0.4, -0.2) is 49.3 Å². The largest absolute Gasteiger partial charge is 0.393 e. The van der Waals surface area contributed by atoms with Crippen LogP contribution < -0.4 is 10.6 Å². The molecule has 0 unspecified atom stereocenters. The summed E-state index contributed by atoms with van der Waals surface area (Å²) in [6, 6.07) is 6.88. The number of carbonyl (C=O) groups excluding carboxylic acids is 1. The fourth-order valence-electron chi connectivity index (χ4n) is 3.66. The number of unbranched alkanes of at least 4 members (excludes halogenated alkanes) is 1. The summed E-state index contributed by atoms with van der Waals surface area (Å²) in [6.07, 6.45) is 7.51. The van der Waals surface area contributed by atoms with Crippen LogP contribution in [0.1, 0.15) is 55.8 Å². The highest BCUT2D eigenvalue weighted by Crippen LogP contribution is 2.30. The minimum Gasteiger partial charge on any atom is -0.393 e. The van der Waals surface area contributed by atoms with Crippen molar-refractivity contribution in [1.29, 1.82) is 0 Å². The highest BCUT2D eigenvalue weighted by atomic mass is 19.1. The number of halogens is 1. The Bertz CT molecular complexity index is 1190. The van der Waals surface area contributed by atoms with Gasteiger partial charge in [-0.2, -0.15) is 4.98 Å². The van der Waals surface area contributed by atoms with E-state index in [1.165, 1.54) is 30.6 Å². The van der Waals surface area contributed by atoms with Gasteiger partial charge in [-0.15, -0.1) is 0 Å². The number of carbonyl (C=O) groups is 1. The maximum atomic E-state index is 13.2. The van der Waals surface area contributed by atoms with Crippen molar-refractivity contribution in [2.75, 3.05) is 17.2 Å². The van der Waals surface area contributed by atoms with Crippen molar-refractivity contribution in [2.45, 2.75) is 51.6 Å². The van der Waals surface area contributed by atoms with Crippen LogP contribution in [0.25, 0.3) is 11.3 Å². The van der Waals surface area contributed by atoms with Gasteiger partial charge in [0.1, 0.15) is 18.0 Å². The Morgan fingerprint density at radius 3 is 2.69 bits per heavy atom. The molecule has 1 fully saturated rings. The van der Waals surface area contributed by atoms with Crippen LogP contribution in [0.5, 0.6) is 0 Å². The van der Waals surface area contributed by atoms with Crippen molar-refractivity contribution in [1.82, 2.24) is 19.9 Å². The van der Waals surface area contributed by atoms with Crippen molar-refractivity contribution < 1.29 is 14.3 Å². The number of rotatable bonds is 8. The minimum atomic E-state index is -0.417. The molecule has 2 aromatic heterocycles. The fraction of sp³-hybridized carbons (Fsp3) is 0.360. The smallest absolute Gasteiger partial charge is 0.256 e. The number of hydrogen-bond donors (Lipinski definition) is 3. The molecule has 9 nitrogen and oxygen atoms in total. The molecule has 10 heteroatoms. The lowest BCUT2D eigenvalue weighted by molar-refractivity contribution is 0.102. The van der Waals surface area contributed by atoms with Crippen molar-refractivity contribution in [3.8, 4) is 11.3 Å². The number of amides is 1. The third kappa shape index (κ3) is 6.63. The zero-order chi connectivity index (χ0) is 24.6. The van der Waals surface area contributed by atoms with E-state index in [-0.39, 0.29) is 11.9 Å². The van der Waals surface area contributed by atoms with Gasteiger partial charge >= 0.3 is 0 Å². The molecule has 3 aromatic rings. The number of aromatic nitrogens is 4. The average molecular weight is 478 g/mol. The normalized spacial score (nSPS) is 15.5. The van der Waals surface area contributed by atoms with E-state index in [0.29, 0.717) is 54.3 Å². The molecule has 0 atom stereocenters. The molecule has 0 spiro atoms. The summed E-state index contributed by atoms with van der Waals surface area (Å²) >= 11 is 0. The van der Waals surface area contributed by atoms with Gasteiger partial charge < -0.3 is 15.7 Å². The number of nitrogens with one attached hydrogen (secondary N) is 2. The van der Waals surface area contributed by atoms with E-state index in [0.717, 1.165) is 25.1 Å². The molecule has 2 heterocycles. The van der Waals surface area contributed by atoms with E-state index in [9.17, 15) is 14.3 Å². The molecule has 4 rings (SSSR count). The van der Waals surface area contributed by atoms with Gasteiger partial charge in [-0.05, 0) is 56.4 Å². The molecule has 3 N–H and O–H groups in total. The number of aliphatic hydroxyl groups is 1. The minimum absolute atomic E-state index is 0.286. The lowest BCUT2D eigenvalue weighted by Gasteiger charge is -2.18. The lowest BCUT2D eigenvalue weighted by Crippen LogP contribution is -2.17. The number of aliphatic imine (C=N–C) groups is 1. The highest BCUT2D eigenvalue weighted by molar-refractivity contribution is 6.04. The quantitative estimate of drug-likeness (QED) is 0.407. The average Bonchev–Trinajstić information content (AvgIpc) is 2.86. The van der Waals surface area contributed by atoms with Crippen LogP contribution in [-0.2, 0) is 0 Å². The molecule has 1 aliphatic rings. The van der Waals surface area contributed by atoms with Crippen molar-refractivity contribution in [2.24, 2.45) is 4.99 Å². The van der Waals surface area contributed by atoms with Crippen LogP contribution in [0.2, 0.25) is 0 Å². The molecular weight excluding hydrogens is 449 g/mol. The Kier molecular flexibility index (Phi) is 8.04. The summed E-state index contributed by atoms with van der Waals surface area (Å²) in [5.74, 6) is 0.410. The SMILES string of the molecule is CCCCNc1ncc(-c2cc(NC(=O)c3ccc(F)cc3)ncn2)c(N=C2CCC(O)CC2)n1. The first kappa shape index (κ1) is 24.3. The van der Waals surface area contributed by atoms with Crippen LogP contribution in [0.3, 0.4) is 0 Å². The Balaban J connectivity index is 1.61. The molecule has 1 amide bonds. The van der Waals surface area contributed by atoms with Gasteiger partial charge in [0.05, 0.1) is 17.4 Å². The van der Waals surface area contributed by atoms with Gasteiger partial charge in [-0.25, -0.2) is 24.3 Å². The molecule has 0 radical (unpaired) electrons. The predicted molar refractivity (Wildman–Crippen MR) is 132 cm³/mol. The molecule has 35 heavy (non-hydrogen) atoms. The summed E-state index contributed by atoms with van der Waals surface area (Å²) in [4.78, 5) is 34.9. The van der Waals surface area contributed by atoms with Crippen molar-refractivity contribution in [3.05, 3.63) is 54.2 Å². The zero-order valence-electron chi connectivity index (χ0n) is 19.5. The topological polar surface area (TPSA) is 125 Å². The molecule has 1 aromatic carbocycles. The van der Waals surface area contributed by atoms with Crippen LogP contribution in [0, 0.1) is 5.82 Å². The Hall–Kier alpha value is -3.79. The van der Waals surface area contributed by atoms with E-state index < -0.39 is 11.7 Å². The van der Waals surface area contributed by atoms with Crippen LogP contribution >= 0.6 is 0 Å². The molecular formula is C25H28FN7O2. The molecule has 0 bridgehead atoms. The first-order valence-corrected chi connectivity index (χ1v) is 11.8. The monoisotopic (exact) mass is 477 g/mol. The van der Waals surface area contributed by atoms with Crippen molar-refractivity contribution >= 4 is 29.2 Å². The summed E-state index contributed by atoms with van der Waals surface area (Å²) in [5.41, 5.74) is 2.38. The van der Waals surface area contributed by atoms with E-state index >= 15 is 0 Å². The summed E-state index contributed by atoms with van der Waals surface area (Å²) in [7, 11) is 0. The van der Waals surface area contributed by atoms with Gasteiger partial charge in [0, 0.05) is 30.1 Å². The van der Waals surface area contributed by atoms with E-state index in [1.54, 1.807) is 12.3 Å². The standard InChI is InChI=1S/C25H28FN7O2/c1-2-3-12-27-25-28-14-20(23(33-25)31-18-8-10-19(34)11-9-18)21-13-22(30-15-29-21)32-24(35)16-4-6-17(26)7-5-16/h4-7,13-15,19,34H,2-3,8-12H2,1H3,(H,27,28,33)(H,29,30,32,35). The van der Waals surface area contributed by atoms with Crippen LogP contribution in [0.15, 0.2) is 47.8 Å². The third-order valence-electron chi connectivity index (χ3n) is 5.67. The molecule has 1 aliphatic carbocycles. The second kappa shape index (κ2) is 11.6. The summed E-state index contributed by atoms with van der Waals surface area (Å²) in [5, 5.41) is 15.8. The first-order chi connectivity index (χ1) is 17.0. The lowest BCUT2D eigenvalue weighted by atomic mass is 9.96. The second-order valence-corrected chi connectivity index (χ2v) is 8.37. The Morgan fingerprint density at radius 2 is 1.94 bits per heavy atom. The fourth-order valence-corrected chi connectivity index (χ4v) is 3.66. The first-order valence-electron chi connectivity index (χ1n) is 11.8. The molecule has 0 saturated heterocycles. The maximum absolute atomic E-state index is 13.2. The van der Waals surface area contributed by atoms with E-state index in [4.69, 9.17) is 4.99 Å². The number of benzene rings is 1. The van der Waals surface area contributed by atoms with E-state index in [2.05, 4.69) is 37.5 Å². The van der Waals surface area contributed by atoms with Crippen LogP contribution in [0.4, 0.5) is 22.0 Å². The van der Waals surface area contributed by atoms with E-state index in [1.807, 2.05) is 0 Å². The number of hydrogen-bond acceptors (Lipinski definition) is 8. The van der Waals surface area contributed by atoms with Gasteiger partial charge in [-0.1, -0.05) is 13.3 Å². The molecule has 0 aliphatic heterocycles. The van der Waals surface area contributed by atoms with Gasteiger partial charge in [-0.3, -0.25) is 4.79 Å². The van der Waals surface area contributed by atoms with Crippen molar-refractivity contribution in [3.63, 3.8) is 0 Å². The summed E-state index contributed by atoms with van der Waals surface area (Å²) in [6.45, 7) is 2.87.